The van der Waals surface area contributed by atoms with Crippen LogP contribution >= 0.6 is 50.5 Å². The van der Waals surface area contributed by atoms with Crippen molar-refractivity contribution in [3.63, 3.8) is 0 Å². The van der Waals surface area contributed by atoms with Crippen molar-refractivity contribution in [2.45, 2.75) is 62.8 Å². The predicted octanol–water partition coefficient (Wildman–Crippen LogP) is 8.49. The average molecular weight is 620 g/mol. The summed E-state index contributed by atoms with van der Waals surface area (Å²) in [4.78, 5) is 4.86. The Morgan fingerprint density at radius 2 is 1.81 bits per heavy atom. The van der Waals surface area contributed by atoms with E-state index in [0.717, 1.165) is 69.5 Å². The van der Waals surface area contributed by atoms with Crippen LogP contribution in [-0.4, -0.2) is 21.4 Å². The first-order valence-corrected chi connectivity index (χ1v) is 15.1. The second-order valence-electron chi connectivity index (χ2n) is 10.6. The molecule has 5 nitrogen and oxygen atoms in total. The highest BCUT2D eigenvalue weighted by Gasteiger charge is 2.56. The van der Waals surface area contributed by atoms with E-state index in [1.54, 1.807) is 11.3 Å². The van der Waals surface area contributed by atoms with Crippen LogP contribution in [0, 0.1) is 11.8 Å². The molecule has 9 heteroatoms. The second-order valence-corrected chi connectivity index (χ2v) is 13.3. The molecule has 7 rings (SSSR count). The summed E-state index contributed by atoms with van der Waals surface area (Å²) >= 11 is 18.2. The Labute approximate surface area is 237 Å². The van der Waals surface area contributed by atoms with Crippen molar-refractivity contribution in [3.05, 3.63) is 67.2 Å². The molecule has 3 saturated carbocycles. The van der Waals surface area contributed by atoms with Gasteiger partial charge in [0, 0.05) is 21.5 Å². The van der Waals surface area contributed by atoms with E-state index in [-0.39, 0.29) is 17.9 Å². The number of hydrogen-bond donors (Lipinski definition) is 1. The zero-order chi connectivity index (χ0) is 25.3. The summed E-state index contributed by atoms with van der Waals surface area (Å²) in [6.45, 7) is 0.393. The number of ether oxygens (including phenoxy) is 1. The summed E-state index contributed by atoms with van der Waals surface area (Å²) in [5, 5.41) is 18.3. The number of benzene rings is 2. The molecule has 0 unspecified atom stereocenters. The summed E-state index contributed by atoms with van der Waals surface area (Å²) in [5.74, 6) is 1.53. The molecule has 2 bridgehead atoms. The van der Waals surface area contributed by atoms with Crippen LogP contribution in [0.1, 0.15) is 60.8 Å². The number of fused-ring (bicyclic) bond motifs is 3. The summed E-state index contributed by atoms with van der Waals surface area (Å²) in [6, 6.07) is 11.6. The maximum atomic E-state index is 12.0. The molecule has 0 aliphatic heterocycles. The number of nitrogens with zero attached hydrogens (tertiary/aromatic N) is 2. The lowest BCUT2D eigenvalue weighted by molar-refractivity contribution is -0.116. The first-order valence-electron chi connectivity index (χ1n) is 12.7. The molecule has 3 aliphatic carbocycles. The molecular weight excluding hydrogens is 595 g/mol. The van der Waals surface area contributed by atoms with Gasteiger partial charge in [-0.05, 0) is 80.7 Å². The van der Waals surface area contributed by atoms with Crippen LogP contribution < -0.4 is 0 Å². The maximum Gasteiger partial charge on any atom is 0.145 e. The van der Waals surface area contributed by atoms with E-state index in [9.17, 15) is 5.11 Å². The molecule has 0 saturated heterocycles. The van der Waals surface area contributed by atoms with Crippen LogP contribution in [0.25, 0.3) is 21.5 Å². The molecule has 0 spiro atoms. The Balaban J connectivity index is 1.13. The molecule has 0 radical (unpaired) electrons. The molecule has 2 aromatic carbocycles. The van der Waals surface area contributed by atoms with E-state index in [1.807, 2.05) is 30.3 Å². The lowest BCUT2D eigenvalue weighted by atomic mass is 9.73. The van der Waals surface area contributed by atoms with Crippen LogP contribution in [0.15, 0.2) is 45.4 Å². The van der Waals surface area contributed by atoms with Gasteiger partial charge in [0.1, 0.15) is 22.1 Å². The predicted molar refractivity (Wildman–Crippen MR) is 149 cm³/mol. The van der Waals surface area contributed by atoms with Crippen LogP contribution in [0.4, 0.5) is 0 Å². The molecule has 37 heavy (non-hydrogen) atoms. The number of hydrogen-bond acceptors (Lipinski definition) is 6. The average Bonchev–Trinajstić information content (AvgIpc) is 3.46. The van der Waals surface area contributed by atoms with Crippen molar-refractivity contribution in [1.82, 2.24) is 10.1 Å². The third kappa shape index (κ3) is 4.17. The molecule has 4 atom stereocenters. The molecule has 2 aromatic heterocycles. The zero-order valence-corrected chi connectivity index (χ0v) is 23.8. The largest absolute Gasteiger partial charge is 0.382 e. The fraction of sp³-hybridized carbons (Fsp3) is 0.429. The smallest absolute Gasteiger partial charge is 0.145 e. The van der Waals surface area contributed by atoms with Crippen molar-refractivity contribution in [1.29, 1.82) is 0 Å². The van der Waals surface area contributed by atoms with Crippen molar-refractivity contribution in [2.75, 3.05) is 0 Å². The number of aliphatic hydroxyl groups is 1. The molecule has 4 aromatic rings. The molecule has 0 amide bonds. The summed E-state index contributed by atoms with van der Waals surface area (Å²) < 4.78 is 14.5. The quantitative estimate of drug-likeness (QED) is 0.234. The third-order valence-corrected chi connectivity index (χ3v) is 10.6. The number of aromatic nitrogens is 2. The fourth-order valence-electron chi connectivity index (χ4n) is 6.31. The van der Waals surface area contributed by atoms with Gasteiger partial charge in [0.05, 0.1) is 33.0 Å². The monoisotopic (exact) mass is 618 g/mol. The van der Waals surface area contributed by atoms with Gasteiger partial charge in [0.15, 0.2) is 0 Å². The van der Waals surface area contributed by atoms with Gasteiger partial charge in [-0.1, -0.05) is 50.4 Å². The molecule has 3 fully saturated rings. The lowest BCUT2D eigenvalue weighted by Gasteiger charge is -2.41. The van der Waals surface area contributed by atoms with Crippen molar-refractivity contribution >= 4 is 60.7 Å². The van der Waals surface area contributed by atoms with E-state index in [2.05, 4.69) is 27.2 Å². The minimum Gasteiger partial charge on any atom is -0.382 e. The van der Waals surface area contributed by atoms with Crippen molar-refractivity contribution in [2.24, 2.45) is 11.8 Å². The van der Waals surface area contributed by atoms with Gasteiger partial charge in [-0.3, -0.25) is 0 Å². The SMILES string of the molecule is O[C@@]1(c2nc3ccc(Br)cc3s2)[C@@H]2CC[C@H]1C[C@H](OCc1c(-c3c(Cl)cccc3Cl)noc1C1CC1)C2. The highest BCUT2D eigenvalue weighted by molar-refractivity contribution is 9.10. The summed E-state index contributed by atoms with van der Waals surface area (Å²) in [5.41, 5.74) is 2.37. The number of rotatable bonds is 6. The molecule has 2 heterocycles. The van der Waals surface area contributed by atoms with Crippen molar-refractivity contribution < 1.29 is 14.4 Å². The lowest BCUT2D eigenvalue weighted by Crippen LogP contribution is -2.44. The fourth-order valence-corrected chi connectivity index (χ4v) is 8.65. The maximum absolute atomic E-state index is 12.0. The first kappa shape index (κ1) is 24.6. The molecule has 1 N–H and O–H groups in total. The van der Waals surface area contributed by atoms with Gasteiger partial charge < -0.3 is 14.4 Å². The van der Waals surface area contributed by atoms with Gasteiger partial charge in [-0.15, -0.1) is 11.3 Å². The normalized spacial score (nSPS) is 27.3. The van der Waals surface area contributed by atoms with Crippen LogP contribution in [0.5, 0.6) is 0 Å². The highest BCUT2D eigenvalue weighted by atomic mass is 79.9. The Bertz CT molecular complexity index is 1470. The van der Waals surface area contributed by atoms with Gasteiger partial charge in [-0.2, -0.15) is 0 Å². The molecule has 3 aliphatic rings. The van der Waals surface area contributed by atoms with Gasteiger partial charge in [-0.25, -0.2) is 4.98 Å². The topological polar surface area (TPSA) is 68.4 Å². The first-order chi connectivity index (χ1) is 17.9. The minimum absolute atomic E-state index is 0.0535. The number of halogens is 3. The van der Waals surface area contributed by atoms with Gasteiger partial charge >= 0.3 is 0 Å². The van der Waals surface area contributed by atoms with E-state index in [4.69, 9.17) is 37.4 Å². The van der Waals surface area contributed by atoms with Gasteiger partial charge in [0.2, 0.25) is 0 Å². The van der Waals surface area contributed by atoms with E-state index in [1.165, 1.54) is 0 Å². The Morgan fingerprint density at radius 3 is 2.51 bits per heavy atom. The van der Waals surface area contributed by atoms with Crippen LogP contribution in [-0.2, 0) is 16.9 Å². The van der Waals surface area contributed by atoms with Crippen LogP contribution in [0.3, 0.4) is 0 Å². The minimum atomic E-state index is -0.886. The summed E-state index contributed by atoms with van der Waals surface area (Å²) in [7, 11) is 0. The van der Waals surface area contributed by atoms with Gasteiger partial charge in [0.25, 0.3) is 0 Å². The Kier molecular flexibility index (Phi) is 6.18. The third-order valence-electron chi connectivity index (χ3n) is 8.33. The van der Waals surface area contributed by atoms with E-state index < -0.39 is 5.60 Å². The van der Waals surface area contributed by atoms with Crippen molar-refractivity contribution in [3.8, 4) is 11.3 Å². The van der Waals surface area contributed by atoms with Crippen LogP contribution in [0.2, 0.25) is 10.0 Å². The molecule has 192 valence electrons. The number of thiazole rings is 1. The van der Waals surface area contributed by atoms with E-state index >= 15 is 0 Å². The Hall–Kier alpha value is -1.48. The van der Waals surface area contributed by atoms with E-state index in [0.29, 0.717) is 33.8 Å². The molecular formula is C28H25BrCl2N2O3S. The standard InChI is InChI=1S/C28H25BrCl2N2O3S/c29-17-8-9-22-23(12-17)37-27(32-22)28(34)15-6-7-16(28)11-18(10-15)35-13-19-25(33-36-26(19)14-4-5-14)24-20(30)2-1-3-21(24)31/h1-3,8-9,12,14-16,18,34H,4-7,10-11,13H2/t15-,16+,18-,28+. The Morgan fingerprint density at radius 1 is 1.08 bits per heavy atom. The zero-order valence-electron chi connectivity index (χ0n) is 19.9. The highest BCUT2D eigenvalue weighted by Crippen LogP contribution is 2.57. The summed E-state index contributed by atoms with van der Waals surface area (Å²) in [6.07, 6.45) is 5.83. The second kappa shape index (κ2) is 9.32.